The van der Waals surface area contributed by atoms with E-state index in [2.05, 4.69) is 18.7 Å². The van der Waals surface area contributed by atoms with Crippen LogP contribution in [0.15, 0.2) is 0 Å². The van der Waals surface area contributed by atoms with Crippen molar-refractivity contribution >= 4 is 0 Å². The minimum Gasteiger partial charge on any atom is -0.377 e. The predicted octanol–water partition coefficient (Wildman–Crippen LogP) is 0.834. The van der Waals surface area contributed by atoms with Gasteiger partial charge in [-0.25, -0.2) is 0 Å². The second kappa shape index (κ2) is 5.58. The maximum Gasteiger partial charge on any atom is 0.0600 e. The normalized spacial score (nSPS) is 21.2. The number of likely N-dealkylation sites (tertiary alicyclic amines) is 1. The van der Waals surface area contributed by atoms with Gasteiger partial charge in [-0.1, -0.05) is 0 Å². The fraction of sp³-hybridized carbons (Fsp3) is 1.00. The van der Waals surface area contributed by atoms with E-state index in [1.54, 1.807) is 0 Å². The third-order valence-electron chi connectivity index (χ3n) is 2.68. The van der Waals surface area contributed by atoms with Crippen molar-refractivity contribution in [2.75, 3.05) is 26.2 Å². The second-order valence-electron chi connectivity index (χ2n) is 3.99. The molecule has 1 rings (SSSR count). The van der Waals surface area contributed by atoms with E-state index in [4.69, 9.17) is 10.5 Å². The smallest absolute Gasteiger partial charge is 0.0600 e. The van der Waals surface area contributed by atoms with Crippen molar-refractivity contribution in [2.45, 2.75) is 38.8 Å². The Morgan fingerprint density at radius 1 is 1.38 bits per heavy atom. The van der Waals surface area contributed by atoms with Crippen molar-refractivity contribution in [1.29, 1.82) is 0 Å². The largest absolute Gasteiger partial charge is 0.377 e. The summed E-state index contributed by atoms with van der Waals surface area (Å²) in [5.74, 6) is 0. The van der Waals surface area contributed by atoms with Crippen molar-refractivity contribution in [2.24, 2.45) is 5.73 Å². The second-order valence-corrected chi connectivity index (χ2v) is 3.99. The van der Waals surface area contributed by atoms with E-state index in [-0.39, 0.29) is 0 Å². The van der Waals surface area contributed by atoms with E-state index < -0.39 is 0 Å². The molecule has 13 heavy (non-hydrogen) atoms. The average molecular weight is 186 g/mol. The van der Waals surface area contributed by atoms with Crippen LogP contribution in [0, 0.1) is 0 Å². The zero-order chi connectivity index (χ0) is 9.68. The van der Waals surface area contributed by atoms with Gasteiger partial charge in [0.25, 0.3) is 0 Å². The third-order valence-corrected chi connectivity index (χ3v) is 2.68. The van der Waals surface area contributed by atoms with Gasteiger partial charge in [0.15, 0.2) is 0 Å². The molecule has 0 aromatic heterocycles. The van der Waals surface area contributed by atoms with Crippen LogP contribution in [-0.2, 0) is 4.74 Å². The molecule has 3 nitrogen and oxygen atoms in total. The maximum atomic E-state index is 5.61. The molecule has 1 fully saturated rings. The SMILES string of the molecule is CC(C)N1CCC(OCCN)CC1. The Balaban J connectivity index is 2.15. The molecule has 0 amide bonds. The van der Waals surface area contributed by atoms with Crippen molar-refractivity contribution < 1.29 is 4.74 Å². The summed E-state index contributed by atoms with van der Waals surface area (Å²) in [6.45, 7) is 8.21. The lowest BCUT2D eigenvalue weighted by Crippen LogP contribution is -2.41. The minimum absolute atomic E-state index is 0.457. The van der Waals surface area contributed by atoms with Crippen LogP contribution in [0.2, 0.25) is 0 Å². The Morgan fingerprint density at radius 2 is 2.00 bits per heavy atom. The molecule has 1 aliphatic heterocycles. The molecular weight excluding hydrogens is 164 g/mol. The van der Waals surface area contributed by atoms with E-state index in [9.17, 15) is 0 Å². The Kier molecular flexibility index (Phi) is 4.70. The van der Waals surface area contributed by atoms with E-state index in [1.807, 2.05) is 0 Å². The summed E-state index contributed by atoms with van der Waals surface area (Å²) in [6.07, 6.45) is 2.79. The molecule has 0 spiro atoms. The number of ether oxygens (including phenoxy) is 1. The molecule has 1 heterocycles. The Morgan fingerprint density at radius 3 is 2.46 bits per heavy atom. The predicted molar refractivity (Wildman–Crippen MR) is 54.7 cm³/mol. The fourth-order valence-electron chi connectivity index (χ4n) is 1.79. The highest BCUT2D eigenvalue weighted by molar-refractivity contribution is 4.74. The molecule has 0 aromatic rings. The van der Waals surface area contributed by atoms with Crippen LogP contribution in [0.3, 0.4) is 0 Å². The lowest BCUT2D eigenvalue weighted by atomic mass is 10.1. The molecule has 0 aliphatic carbocycles. The van der Waals surface area contributed by atoms with Gasteiger partial charge in [-0.15, -0.1) is 0 Å². The first-order chi connectivity index (χ1) is 6.24. The standard InChI is InChI=1S/C10H22N2O/c1-9(2)12-6-3-10(4-7-12)13-8-5-11/h9-10H,3-8,11H2,1-2H3. The third kappa shape index (κ3) is 3.63. The molecule has 0 bridgehead atoms. The average Bonchev–Trinajstić information content (AvgIpc) is 2.15. The van der Waals surface area contributed by atoms with E-state index in [1.165, 1.54) is 13.1 Å². The van der Waals surface area contributed by atoms with Gasteiger partial charge in [-0.3, -0.25) is 0 Å². The summed E-state index contributed by atoms with van der Waals surface area (Å²) in [4.78, 5) is 2.50. The highest BCUT2D eigenvalue weighted by atomic mass is 16.5. The molecule has 0 unspecified atom stereocenters. The fourth-order valence-corrected chi connectivity index (χ4v) is 1.79. The zero-order valence-corrected chi connectivity index (χ0v) is 8.83. The molecule has 2 N–H and O–H groups in total. The number of piperidine rings is 1. The lowest BCUT2D eigenvalue weighted by Gasteiger charge is -2.34. The maximum absolute atomic E-state index is 5.61. The molecule has 1 aliphatic rings. The quantitative estimate of drug-likeness (QED) is 0.707. The molecule has 78 valence electrons. The summed E-state index contributed by atoms with van der Waals surface area (Å²) in [5.41, 5.74) is 5.39. The Bertz CT molecular complexity index is 131. The molecule has 1 saturated heterocycles. The number of rotatable bonds is 4. The summed E-state index contributed by atoms with van der Waals surface area (Å²) in [6, 6.07) is 0.676. The van der Waals surface area contributed by atoms with Gasteiger partial charge in [-0.2, -0.15) is 0 Å². The van der Waals surface area contributed by atoms with Gasteiger partial charge < -0.3 is 15.4 Å². The first-order valence-corrected chi connectivity index (χ1v) is 5.29. The zero-order valence-electron chi connectivity index (χ0n) is 8.83. The van der Waals surface area contributed by atoms with Crippen LogP contribution in [0.4, 0.5) is 0 Å². The van der Waals surface area contributed by atoms with Crippen molar-refractivity contribution in [3.63, 3.8) is 0 Å². The van der Waals surface area contributed by atoms with Crippen LogP contribution < -0.4 is 5.73 Å². The van der Waals surface area contributed by atoms with Crippen molar-refractivity contribution in [1.82, 2.24) is 4.90 Å². The molecule has 0 radical (unpaired) electrons. The summed E-state index contributed by atoms with van der Waals surface area (Å²) in [5, 5.41) is 0. The minimum atomic E-state index is 0.457. The number of hydrogen-bond donors (Lipinski definition) is 1. The van der Waals surface area contributed by atoms with Gasteiger partial charge in [0.2, 0.25) is 0 Å². The summed E-state index contributed by atoms with van der Waals surface area (Å²) in [7, 11) is 0. The van der Waals surface area contributed by atoms with Gasteiger partial charge in [0.05, 0.1) is 12.7 Å². The molecule has 0 atom stereocenters. The first kappa shape index (κ1) is 11.0. The summed E-state index contributed by atoms with van der Waals surface area (Å²) >= 11 is 0. The highest BCUT2D eigenvalue weighted by Gasteiger charge is 2.20. The highest BCUT2D eigenvalue weighted by Crippen LogP contribution is 2.15. The lowest BCUT2D eigenvalue weighted by molar-refractivity contribution is 0.00505. The molecular formula is C10H22N2O. The van der Waals surface area contributed by atoms with Crippen LogP contribution in [0.25, 0.3) is 0 Å². The Labute approximate surface area is 81.2 Å². The van der Waals surface area contributed by atoms with E-state index >= 15 is 0 Å². The molecule has 3 heteroatoms. The van der Waals surface area contributed by atoms with E-state index in [0.717, 1.165) is 12.8 Å². The van der Waals surface area contributed by atoms with Crippen LogP contribution >= 0.6 is 0 Å². The van der Waals surface area contributed by atoms with Crippen LogP contribution in [0.1, 0.15) is 26.7 Å². The van der Waals surface area contributed by atoms with Crippen molar-refractivity contribution in [3.05, 3.63) is 0 Å². The van der Waals surface area contributed by atoms with Gasteiger partial charge in [0.1, 0.15) is 0 Å². The first-order valence-electron chi connectivity index (χ1n) is 5.29. The summed E-state index contributed by atoms with van der Waals surface area (Å²) < 4.78 is 5.61. The van der Waals surface area contributed by atoms with Crippen LogP contribution in [-0.4, -0.2) is 43.3 Å². The molecule has 0 aromatic carbocycles. The topological polar surface area (TPSA) is 38.5 Å². The van der Waals surface area contributed by atoms with Crippen LogP contribution in [0.5, 0.6) is 0 Å². The van der Waals surface area contributed by atoms with Gasteiger partial charge >= 0.3 is 0 Å². The van der Waals surface area contributed by atoms with E-state index in [0.29, 0.717) is 25.3 Å². The van der Waals surface area contributed by atoms with Gasteiger partial charge in [-0.05, 0) is 26.7 Å². The van der Waals surface area contributed by atoms with Gasteiger partial charge in [0, 0.05) is 25.7 Å². The number of nitrogens with zero attached hydrogens (tertiary/aromatic N) is 1. The van der Waals surface area contributed by atoms with Crippen molar-refractivity contribution in [3.8, 4) is 0 Å². The molecule has 0 saturated carbocycles. The Hall–Kier alpha value is -0.120. The monoisotopic (exact) mass is 186 g/mol. The number of hydrogen-bond acceptors (Lipinski definition) is 3. The number of nitrogens with two attached hydrogens (primary N) is 1.